The van der Waals surface area contributed by atoms with Gasteiger partial charge in [0.25, 0.3) is 0 Å². The van der Waals surface area contributed by atoms with Crippen LogP contribution in [0.1, 0.15) is 25.0 Å². The summed E-state index contributed by atoms with van der Waals surface area (Å²) >= 11 is 0. The molecule has 0 amide bonds. The van der Waals surface area contributed by atoms with E-state index in [4.69, 9.17) is 0 Å². The van der Waals surface area contributed by atoms with Crippen molar-refractivity contribution in [1.29, 1.82) is 0 Å². The van der Waals surface area contributed by atoms with E-state index in [2.05, 4.69) is 33.5 Å². The van der Waals surface area contributed by atoms with Crippen molar-refractivity contribution in [2.24, 2.45) is 4.99 Å². The third-order valence-electron chi connectivity index (χ3n) is 4.92. The molecular formula is C19H27N5O2S. The van der Waals surface area contributed by atoms with E-state index in [1.165, 1.54) is 5.56 Å². The van der Waals surface area contributed by atoms with Crippen LogP contribution in [0.25, 0.3) is 0 Å². The van der Waals surface area contributed by atoms with Crippen molar-refractivity contribution in [3.05, 3.63) is 54.1 Å². The molecule has 2 heterocycles. The maximum absolute atomic E-state index is 12.2. The highest BCUT2D eigenvalue weighted by atomic mass is 32.2. The van der Waals surface area contributed by atoms with Crippen LogP contribution in [0.2, 0.25) is 0 Å². The molecule has 3 rings (SSSR count). The molecule has 0 spiro atoms. The van der Waals surface area contributed by atoms with E-state index in [-0.39, 0.29) is 5.75 Å². The summed E-state index contributed by atoms with van der Waals surface area (Å²) in [7, 11) is -1.34. The van der Waals surface area contributed by atoms with Gasteiger partial charge in [-0.05, 0) is 25.0 Å². The van der Waals surface area contributed by atoms with E-state index in [1.807, 2.05) is 21.7 Å². The zero-order chi connectivity index (χ0) is 19.5. The molecule has 1 aromatic heterocycles. The molecule has 0 radical (unpaired) electrons. The Morgan fingerprint density at radius 2 is 2.11 bits per heavy atom. The molecule has 1 fully saturated rings. The quantitative estimate of drug-likeness (QED) is 0.633. The summed E-state index contributed by atoms with van der Waals surface area (Å²) in [4.78, 5) is 10.4. The van der Waals surface area contributed by atoms with Crippen molar-refractivity contribution in [1.82, 2.24) is 19.8 Å². The number of nitrogens with zero attached hydrogens (tertiary/aromatic N) is 4. The average Bonchev–Trinajstić information content (AvgIpc) is 3.12. The third-order valence-corrected chi connectivity index (χ3v) is 7.45. The molecule has 27 heavy (non-hydrogen) atoms. The van der Waals surface area contributed by atoms with Crippen LogP contribution in [-0.2, 0) is 22.9 Å². The second-order valence-electron chi connectivity index (χ2n) is 7.46. The first kappa shape index (κ1) is 19.4. The summed E-state index contributed by atoms with van der Waals surface area (Å²) in [5, 5.41) is 3.37. The van der Waals surface area contributed by atoms with Crippen LogP contribution in [-0.4, -0.2) is 59.5 Å². The van der Waals surface area contributed by atoms with Crippen molar-refractivity contribution in [3.8, 4) is 0 Å². The van der Waals surface area contributed by atoms with Crippen LogP contribution in [0.3, 0.4) is 0 Å². The van der Waals surface area contributed by atoms with Crippen molar-refractivity contribution in [2.45, 2.75) is 31.7 Å². The summed E-state index contributed by atoms with van der Waals surface area (Å²) in [5.74, 6) is 0.888. The SMILES string of the molecule is CN=C(NCc1cccc(Cn2ccnc2)c1)N1CCS(=O)(=O)C(C)(C)C1. The standard InChI is InChI=1S/C19H27N5O2S/c1-19(2)14-24(9-10-27(19,25)26)18(20-3)22-12-16-5-4-6-17(11-16)13-23-8-7-21-15-23/h4-8,11,15H,9-10,12-14H2,1-3H3,(H,20,22). The Bertz CT molecular complexity index is 904. The zero-order valence-electron chi connectivity index (χ0n) is 16.1. The predicted octanol–water partition coefficient (Wildman–Crippen LogP) is 1.52. The van der Waals surface area contributed by atoms with Gasteiger partial charge >= 0.3 is 0 Å². The van der Waals surface area contributed by atoms with Crippen molar-refractivity contribution >= 4 is 15.8 Å². The lowest BCUT2D eigenvalue weighted by molar-refractivity contribution is 0.353. The van der Waals surface area contributed by atoms with Gasteiger partial charge in [0.2, 0.25) is 0 Å². The molecule has 2 aromatic rings. The molecule has 146 valence electrons. The minimum Gasteiger partial charge on any atom is -0.352 e. The smallest absolute Gasteiger partial charge is 0.193 e. The predicted molar refractivity (Wildman–Crippen MR) is 107 cm³/mol. The topological polar surface area (TPSA) is 79.6 Å². The zero-order valence-corrected chi connectivity index (χ0v) is 16.9. The summed E-state index contributed by atoms with van der Waals surface area (Å²) < 4.78 is 25.7. The Hall–Kier alpha value is -2.35. The maximum atomic E-state index is 12.2. The van der Waals surface area contributed by atoms with Gasteiger partial charge in [0.1, 0.15) is 0 Å². The fourth-order valence-corrected chi connectivity index (χ4v) is 4.63. The van der Waals surface area contributed by atoms with Crippen LogP contribution in [0.15, 0.2) is 48.0 Å². The normalized spacial score (nSPS) is 19.1. The Morgan fingerprint density at radius 1 is 1.33 bits per heavy atom. The van der Waals surface area contributed by atoms with E-state index in [0.29, 0.717) is 19.6 Å². The second kappa shape index (κ2) is 7.72. The lowest BCUT2D eigenvalue weighted by atomic mass is 10.1. The summed E-state index contributed by atoms with van der Waals surface area (Å²) in [6.07, 6.45) is 5.52. The molecule has 8 heteroatoms. The molecule has 1 aliphatic rings. The van der Waals surface area contributed by atoms with Gasteiger partial charge in [0.15, 0.2) is 15.8 Å². The molecule has 0 unspecified atom stereocenters. The van der Waals surface area contributed by atoms with E-state index < -0.39 is 14.6 Å². The minimum atomic E-state index is -3.07. The van der Waals surface area contributed by atoms with Gasteiger partial charge in [-0.15, -0.1) is 0 Å². The van der Waals surface area contributed by atoms with Gasteiger partial charge in [0, 0.05) is 45.6 Å². The molecule has 1 aromatic carbocycles. The largest absolute Gasteiger partial charge is 0.352 e. The third kappa shape index (κ3) is 4.50. The molecular weight excluding hydrogens is 362 g/mol. The monoisotopic (exact) mass is 389 g/mol. The van der Waals surface area contributed by atoms with Crippen LogP contribution in [0.4, 0.5) is 0 Å². The van der Waals surface area contributed by atoms with E-state index in [1.54, 1.807) is 33.4 Å². The number of hydrogen-bond acceptors (Lipinski definition) is 4. The average molecular weight is 390 g/mol. The van der Waals surface area contributed by atoms with Gasteiger partial charge in [-0.25, -0.2) is 13.4 Å². The van der Waals surface area contributed by atoms with Crippen molar-refractivity contribution < 1.29 is 8.42 Å². The molecule has 0 bridgehead atoms. The van der Waals surface area contributed by atoms with Crippen LogP contribution in [0.5, 0.6) is 0 Å². The number of aliphatic imine (C=N–C) groups is 1. The number of nitrogens with one attached hydrogen (secondary N) is 1. The second-order valence-corrected chi connectivity index (χ2v) is 10.2. The Balaban J connectivity index is 1.63. The maximum Gasteiger partial charge on any atom is 0.193 e. The highest BCUT2D eigenvalue weighted by molar-refractivity contribution is 7.92. The first-order valence-electron chi connectivity index (χ1n) is 9.02. The van der Waals surface area contributed by atoms with E-state index in [9.17, 15) is 8.42 Å². The van der Waals surface area contributed by atoms with E-state index in [0.717, 1.165) is 18.1 Å². The minimum absolute atomic E-state index is 0.154. The fourth-order valence-electron chi connectivity index (χ4n) is 3.27. The van der Waals surface area contributed by atoms with Crippen LogP contribution >= 0.6 is 0 Å². The number of hydrogen-bond donors (Lipinski definition) is 1. The number of guanidine groups is 1. The fraction of sp³-hybridized carbons (Fsp3) is 0.474. The lowest BCUT2D eigenvalue weighted by Crippen LogP contribution is -2.57. The van der Waals surface area contributed by atoms with Crippen LogP contribution in [0, 0.1) is 0 Å². The summed E-state index contributed by atoms with van der Waals surface area (Å²) in [5.41, 5.74) is 2.35. The summed E-state index contributed by atoms with van der Waals surface area (Å²) in [6, 6.07) is 8.37. The molecule has 0 saturated carbocycles. The van der Waals surface area contributed by atoms with Crippen molar-refractivity contribution in [3.63, 3.8) is 0 Å². The number of benzene rings is 1. The van der Waals surface area contributed by atoms with Gasteiger partial charge in [0.05, 0.1) is 16.8 Å². The van der Waals surface area contributed by atoms with Gasteiger partial charge < -0.3 is 14.8 Å². The molecule has 1 N–H and O–H groups in total. The molecule has 7 nitrogen and oxygen atoms in total. The Morgan fingerprint density at radius 3 is 2.78 bits per heavy atom. The van der Waals surface area contributed by atoms with Gasteiger partial charge in [-0.3, -0.25) is 4.99 Å². The Labute approximate surface area is 161 Å². The molecule has 1 aliphatic heterocycles. The first-order valence-corrected chi connectivity index (χ1v) is 10.7. The number of imidazole rings is 1. The number of aromatic nitrogens is 2. The van der Waals surface area contributed by atoms with E-state index >= 15 is 0 Å². The number of rotatable bonds is 4. The summed E-state index contributed by atoms with van der Waals surface area (Å²) in [6.45, 7) is 5.87. The van der Waals surface area contributed by atoms with Crippen LogP contribution < -0.4 is 5.32 Å². The van der Waals surface area contributed by atoms with Crippen molar-refractivity contribution in [2.75, 3.05) is 25.9 Å². The first-order chi connectivity index (χ1) is 12.8. The lowest BCUT2D eigenvalue weighted by Gasteiger charge is -2.39. The highest BCUT2D eigenvalue weighted by Gasteiger charge is 2.40. The number of sulfone groups is 1. The Kier molecular flexibility index (Phi) is 5.55. The highest BCUT2D eigenvalue weighted by Crippen LogP contribution is 2.23. The molecule has 0 aliphatic carbocycles. The molecule has 1 saturated heterocycles. The van der Waals surface area contributed by atoms with Gasteiger partial charge in [-0.2, -0.15) is 0 Å². The molecule has 0 atom stereocenters. The van der Waals surface area contributed by atoms with Gasteiger partial charge in [-0.1, -0.05) is 24.3 Å².